The standard InChI is InChI=1S/C30H31Cl2N3O6S3.Na/c1-3-33-25-18-23(31)24(32)19-26(25)34(16-14-20(2)44(39,40)41)28(33)10-6-11-29-35(15-7-17-43(36,37)38)30-22-9-5-4-8-21(22)12-13-27(30)42-29;/h4-6,8-13,18-20H,3,7,14-17H2,1-2H3,(H-,36,37,38,39,40,41);. The molecule has 1 N–H and O–H groups in total. The molecule has 9 nitrogen and oxygen atoms in total. The molecule has 0 saturated carbocycles. The molecule has 1 aromatic heterocycles. The predicted octanol–water partition coefficient (Wildman–Crippen LogP) is 6.07. The second-order valence-corrected chi connectivity index (χ2v) is 15.7. The van der Waals surface area contributed by atoms with Gasteiger partial charge in [-0.3, -0.25) is 4.55 Å². The normalized spacial score (nSPS) is 15.4. The molecule has 5 rings (SSSR count). The van der Waals surface area contributed by atoms with Crippen molar-refractivity contribution < 1.29 is 30.5 Å². The molecule has 3 aromatic carbocycles. The summed E-state index contributed by atoms with van der Waals surface area (Å²) >= 11 is 14.3. The van der Waals surface area contributed by atoms with Gasteiger partial charge in [-0.25, -0.2) is 8.42 Å². The summed E-state index contributed by atoms with van der Waals surface area (Å²) in [6.45, 7) is 4.61. The smallest absolute Gasteiger partial charge is 0.265 e. The summed E-state index contributed by atoms with van der Waals surface area (Å²) < 4.78 is 70.3. The van der Waals surface area contributed by atoms with E-state index in [0.717, 1.165) is 43.2 Å². The van der Waals surface area contributed by atoms with E-state index in [-0.39, 0.29) is 54.7 Å². The van der Waals surface area contributed by atoms with Crippen LogP contribution in [0.2, 0.25) is 10.0 Å². The zero-order chi connectivity index (χ0) is 31.8. The fourth-order valence-corrected chi connectivity index (χ4v) is 7.72. The average Bonchev–Trinajstić information content (AvgIpc) is 3.45. The average molecular weight is 720 g/mol. The first-order valence-electron chi connectivity index (χ1n) is 13.9. The van der Waals surface area contributed by atoms with Gasteiger partial charge < -0.3 is 14.4 Å². The van der Waals surface area contributed by atoms with Crippen LogP contribution in [0.3, 0.4) is 0 Å². The molecule has 15 heteroatoms. The first-order chi connectivity index (χ1) is 20.8. The third kappa shape index (κ3) is 8.06. The van der Waals surface area contributed by atoms with Gasteiger partial charge in [0.15, 0.2) is 6.54 Å². The second kappa shape index (κ2) is 14.6. The molecule has 0 aliphatic carbocycles. The molecule has 1 aliphatic heterocycles. The van der Waals surface area contributed by atoms with Gasteiger partial charge in [0.1, 0.15) is 10.5 Å². The molecule has 1 unspecified atom stereocenters. The summed E-state index contributed by atoms with van der Waals surface area (Å²) in [6, 6.07) is 15.6. The number of benzene rings is 3. The van der Waals surface area contributed by atoms with E-state index in [9.17, 15) is 25.9 Å². The van der Waals surface area contributed by atoms with Gasteiger partial charge in [0.25, 0.3) is 15.1 Å². The second-order valence-electron chi connectivity index (χ2n) is 10.5. The molecular weight excluding hydrogens is 688 g/mol. The number of allylic oxidation sites excluding steroid dienone is 2. The fraction of sp³-hybridized carbons (Fsp3) is 0.300. The molecule has 0 spiro atoms. The largest absolute Gasteiger partial charge is 0.748 e. The van der Waals surface area contributed by atoms with E-state index in [1.807, 2.05) is 65.3 Å². The van der Waals surface area contributed by atoms with Crippen molar-refractivity contribution in [2.24, 2.45) is 0 Å². The molecule has 4 aromatic rings. The minimum atomic E-state index is -4.45. The van der Waals surface area contributed by atoms with Crippen LogP contribution in [0.1, 0.15) is 31.7 Å². The Hall–Kier alpha value is -1.71. The number of rotatable bonds is 11. The zero-order valence-corrected chi connectivity index (χ0v) is 30.9. The first kappa shape index (κ1) is 36.1. The van der Waals surface area contributed by atoms with Crippen LogP contribution >= 0.6 is 34.5 Å². The summed E-state index contributed by atoms with van der Waals surface area (Å²) in [5.74, 6) is 0.411. The monoisotopic (exact) mass is 718 g/mol. The molecule has 0 amide bonds. The van der Waals surface area contributed by atoms with Crippen molar-refractivity contribution in [2.45, 2.75) is 38.5 Å². The quantitative estimate of drug-likeness (QED) is 0.113. The van der Waals surface area contributed by atoms with Crippen molar-refractivity contribution in [3.63, 3.8) is 0 Å². The molecule has 1 aliphatic rings. The van der Waals surface area contributed by atoms with Gasteiger partial charge in [-0.1, -0.05) is 64.9 Å². The van der Waals surface area contributed by atoms with Gasteiger partial charge in [0.05, 0.1) is 42.7 Å². The first-order valence-corrected chi connectivity index (χ1v) is 18.6. The summed E-state index contributed by atoms with van der Waals surface area (Å²) in [6.07, 6.45) is 6.09. The van der Waals surface area contributed by atoms with Gasteiger partial charge in [0.2, 0.25) is 5.52 Å². The Labute approximate surface area is 299 Å². The molecule has 1 radical (unpaired) electrons. The number of hydrogen-bond acceptors (Lipinski definition) is 8. The zero-order valence-electron chi connectivity index (χ0n) is 25.0. The van der Waals surface area contributed by atoms with E-state index < -0.39 is 25.5 Å². The van der Waals surface area contributed by atoms with Crippen LogP contribution in [-0.2, 0) is 26.8 Å². The summed E-state index contributed by atoms with van der Waals surface area (Å²) in [5, 5.41) is 2.65. The van der Waals surface area contributed by atoms with Gasteiger partial charge in [-0.15, -0.1) is 0 Å². The number of nitrogens with zero attached hydrogens (tertiary/aromatic N) is 3. The number of halogens is 2. The molecular formula is C30H31Cl2N3NaO6S3. The van der Waals surface area contributed by atoms with Crippen LogP contribution in [0.5, 0.6) is 0 Å². The van der Waals surface area contributed by atoms with Gasteiger partial charge in [-0.2, -0.15) is 13.0 Å². The topological polar surface area (TPSA) is 122 Å². The molecule has 0 fully saturated rings. The maximum absolute atomic E-state index is 11.6. The van der Waals surface area contributed by atoms with Crippen LogP contribution in [-0.4, -0.2) is 79.6 Å². The molecule has 235 valence electrons. The van der Waals surface area contributed by atoms with Crippen LogP contribution in [0.15, 0.2) is 66.5 Å². The number of aromatic nitrogens is 1. The Bertz CT molecular complexity index is 2020. The Kier molecular flexibility index (Phi) is 11.7. The SMILES string of the molecule is CCN1C(=CC=Cc2sc3ccc4ccccc4c3[n+]2CCCS(=O)(=O)O)N(CCC(C)S(=O)(=O)[O-])c2cc(Cl)c(Cl)cc21.[Na]. The van der Waals surface area contributed by atoms with Crippen molar-refractivity contribution >= 4 is 123 Å². The summed E-state index contributed by atoms with van der Waals surface area (Å²) in [5.41, 5.74) is 2.55. The van der Waals surface area contributed by atoms with Crippen molar-refractivity contribution in [1.29, 1.82) is 0 Å². The molecule has 2 heterocycles. The van der Waals surface area contributed by atoms with Gasteiger partial charge in [-0.05, 0) is 56.0 Å². The Morgan fingerprint density at radius 1 is 1.04 bits per heavy atom. The number of fused-ring (bicyclic) bond motifs is 4. The number of aryl methyl sites for hydroxylation is 1. The third-order valence-electron chi connectivity index (χ3n) is 7.60. The maximum atomic E-state index is 11.6. The van der Waals surface area contributed by atoms with Gasteiger partial charge >= 0.3 is 0 Å². The number of thiazole rings is 1. The predicted molar refractivity (Wildman–Crippen MR) is 184 cm³/mol. The molecule has 45 heavy (non-hydrogen) atoms. The third-order valence-corrected chi connectivity index (χ3v) is 11.5. The van der Waals surface area contributed by atoms with Gasteiger partial charge in [0, 0.05) is 60.4 Å². The van der Waals surface area contributed by atoms with E-state index in [1.54, 1.807) is 23.5 Å². The van der Waals surface area contributed by atoms with E-state index in [2.05, 4.69) is 10.6 Å². The van der Waals surface area contributed by atoms with E-state index in [4.69, 9.17) is 23.2 Å². The minimum Gasteiger partial charge on any atom is -0.748 e. The Morgan fingerprint density at radius 2 is 1.71 bits per heavy atom. The Balaban J connectivity index is 0.00000461. The molecule has 1 atom stereocenters. The van der Waals surface area contributed by atoms with E-state index in [0.29, 0.717) is 23.1 Å². The van der Waals surface area contributed by atoms with Crippen LogP contribution < -0.4 is 14.4 Å². The van der Waals surface area contributed by atoms with E-state index in [1.165, 1.54) is 6.92 Å². The molecule has 0 saturated heterocycles. The van der Waals surface area contributed by atoms with Crippen molar-refractivity contribution in [3.05, 3.63) is 81.6 Å². The molecule has 0 bridgehead atoms. The minimum absolute atomic E-state index is 0. The van der Waals surface area contributed by atoms with Crippen LogP contribution in [0, 0.1) is 0 Å². The van der Waals surface area contributed by atoms with Crippen LogP contribution in [0.4, 0.5) is 11.4 Å². The summed E-state index contributed by atoms with van der Waals surface area (Å²) in [4.78, 5) is 3.97. The van der Waals surface area contributed by atoms with Crippen molar-refractivity contribution in [2.75, 3.05) is 28.6 Å². The summed E-state index contributed by atoms with van der Waals surface area (Å²) in [7, 11) is -8.56. The fourth-order valence-electron chi connectivity index (χ4n) is 5.39. The van der Waals surface area contributed by atoms with Crippen LogP contribution in [0.25, 0.3) is 27.1 Å². The Morgan fingerprint density at radius 3 is 2.36 bits per heavy atom. The van der Waals surface area contributed by atoms with E-state index >= 15 is 0 Å². The van der Waals surface area contributed by atoms with Crippen molar-refractivity contribution in [1.82, 2.24) is 0 Å². The number of hydrogen-bond donors (Lipinski definition) is 1. The maximum Gasteiger partial charge on any atom is 0.265 e. The van der Waals surface area contributed by atoms with Crippen molar-refractivity contribution in [3.8, 4) is 0 Å². The number of anilines is 2.